The van der Waals surface area contributed by atoms with Gasteiger partial charge in [0.15, 0.2) is 5.76 Å². The van der Waals surface area contributed by atoms with Crippen LogP contribution >= 0.6 is 11.3 Å². The van der Waals surface area contributed by atoms with Crippen LogP contribution in [0, 0.1) is 28.5 Å². The average molecular weight is 453 g/mol. The van der Waals surface area contributed by atoms with Crippen molar-refractivity contribution in [2.75, 3.05) is 5.32 Å². The van der Waals surface area contributed by atoms with Crippen molar-refractivity contribution >= 4 is 22.2 Å². The minimum atomic E-state index is -0.402. The van der Waals surface area contributed by atoms with Crippen molar-refractivity contribution in [2.45, 2.75) is 46.6 Å². The number of thiophene rings is 1. The molecule has 32 heavy (non-hydrogen) atoms. The zero-order valence-electron chi connectivity index (χ0n) is 18.3. The Labute approximate surface area is 190 Å². The first-order valence-electron chi connectivity index (χ1n) is 10.6. The molecule has 0 radical (unpaired) electrons. The maximum absolute atomic E-state index is 13.0. The summed E-state index contributed by atoms with van der Waals surface area (Å²) in [5.41, 5.74) is 1.84. The van der Waals surface area contributed by atoms with E-state index in [1.54, 1.807) is 12.1 Å². The van der Waals surface area contributed by atoms with E-state index in [1.807, 2.05) is 0 Å². The summed E-state index contributed by atoms with van der Waals surface area (Å²) in [6, 6.07) is 11.2. The number of carbonyl (C=O) groups is 1. The van der Waals surface area contributed by atoms with Crippen molar-refractivity contribution in [1.82, 2.24) is 0 Å². The standard InChI is InChI=1S/C25H25FN2O3S/c1-25(2,3)15-4-10-19-20(13-27)24(32-22(19)12-15)28-23(29)21-11-9-18(31-21)14-30-17-7-5-16(26)6-8-17/h5-9,11,15H,4,10,12,14H2,1-3H3,(H,28,29). The minimum absolute atomic E-state index is 0.115. The highest BCUT2D eigenvalue weighted by atomic mass is 32.1. The number of nitrogens with zero attached hydrogens (tertiary/aromatic N) is 1. The molecule has 0 bridgehead atoms. The molecule has 0 fully saturated rings. The van der Waals surface area contributed by atoms with E-state index in [2.05, 4.69) is 32.2 Å². The van der Waals surface area contributed by atoms with Gasteiger partial charge in [-0.15, -0.1) is 11.3 Å². The van der Waals surface area contributed by atoms with E-state index in [0.717, 1.165) is 24.8 Å². The third kappa shape index (κ3) is 4.71. The molecule has 0 aliphatic heterocycles. The van der Waals surface area contributed by atoms with E-state index in [1.165, 1.54) is 40.5 Å². The molecule has 5 nitrogen and oxygen atoms in total. The molecule has 1 aliphatic rings. The average Bonchev–Trinajstić information content (AvgIpc) is 3.36. The Morgan fingerprint density at radius 1 is 1.28 bits per heavy atom. The van der Waals surface area contributed by atoms with Crippen LogP contribution in [0.2, 0.25) is 0 Å². The van der Waals surface area contributed by atoms with Gasteiger partial charge in [0.05, 0.1) is 5.56 Å². The molecular formula is C25H25FN2O3S. The van der Waals surface area contributed by atoms with Gasteiger partial charge >= 0.3 is 0 Å². The van der Waals surface area contributed by atoms with Crippen LogP contribution in [0.25, 0.3) is 0 Å². The summed E-state index contributed by atoms with van der Waals surface area (Å²) in [6.07, 6.45) is 2.84. The van der Waals surface area contributed by atoms with Crippen molar-refractivity contribution in [3.8, 4) is 11.8 Å². The quantitative estimate of drug-likeness (QED) is 0.490. The maximum Gasteiger partial charge on any atom is 0.292 e. The normalized spacial score (nSPS) is 15.7. The molecule has 2 heterocycles. The minimum Gasteiger partial charge on any atom is -0.486 e. The number of carbonyl (C=O) groups excluding carboxylic acids is 1. The number of benzene rings is 1. The van der Waals surface area contributed by atoms with Crippen LogP contribution in [0.15, 0.2) is 40.8 Å². The first-order valence-corrected chi connectivity index (χ1v) is 11.4. The Balaban J connectivity index is 1.44. The SMILES string of the molecule is CC(C)(C)C1CCc2c(sc(NC(=O)c3ccc(COc4ccc(F)cc4)o3)c2C#N)C1. The van der Waals surface area contributed by atoms with Gasteiger partial charge in [0.1, 0.15) is 35.0 Å². The van der Waals surface area contributed by atoms with Crippen LogP contribution in [-0.2, 0) is 19.4 Å². The molecule has 1 aromatic carbocycles. The van der Waals surface area contributed by atoms with Crippen LogP contribution in [0.4, 0.5) is 9.39 Å². The number of nitriles is 1. The molecule has 166 valence electrons. The first kappa shape index (κ1) is 22.1. The Kier molecular flexibility index (Phi) is 6.07. The third-order valence-corrected chi connectivity index (χ3v) is 7.08. The lowest BCUT2D eigenvalue weighted by atomic mass is 9.72. The third-order valence-electron chi connectivity index (χ3n) is 5.91. The van der Waals surface area contributed by atoms with Gasteiger partial charge in [-0.05, 0) is 72.6 Å². The van der Waals surface area contributed by atoms with Crippen molar-refractivity contribution in [3.63, 3.8) is 0 Å². The van der Waals surface area contributed by atoms with Crippen molar-refractivity contribution in [1.29, 1.82) is 5.26 Å². The molecule has 1 aliphatic carbocycles. The molecule has 4 rings (SSSR count). The predicted molar refractivity (Wildman–Crippen MR) is 121 cm³/mol. The smallest absolute Gasteiger partial charge is 0.292 e. The molecular weight excluding hydrogens is 427 g/mol. The predicted octanol–water partition coefficient (Wildman–Crippen LogP) is 6.33. The highest BCUT2D eigenvalue weighted by molar-refractivity contribution is 7.16. The summed E-state index contributed by atoms with van der Waals surface area (Å²) < 4.78 is 24.1. The van der Waals surface area contributed by atoms with Crippen LogP contribution < -0.4 is 10.1 Å². The van der Waals surface area contributed by atoms with Gasteiger partial charge in [0, 0.05) is 4.88 Å². The van der Waals surface area contributed by atoms with Crippen LogP contribution in [0.1, 0.15) is 59.5 Å². The van der Waals surface area contributed by atoms with Gasteiger partial charge in [0.2, 0.25) is 0 Å². The van der Waals surface area contributed by atoms with Crippen molar-refractivity contribution in [3.05, 3.63) is 69.7 Å². The first-order chi connectivity index (χ1) is 15.2. The van der Waals surface area contributed by atoms with Gasteiger partial charge in [-0.25, -0.2) is 4.39 Å². The number of ether oxygens (including phenoxy) is 1. The number of furan rings is 1. The molecule has 0 saturated carbocycles. The molecule has 1 N–H and O–H groups in total. The second-order valence-corrected chi connectivity index (χ2v) is 10.2. The number of fused-ring (bicyclic) bond motifs is 1. The van der Waals surface area contributed by atoms with E-state index in [9.17, 15) is 14.4 Å². The number of halogens is 1. The molecule has 7 heteroatoms. The van der Waals surface area contributed by atoms with Crippen molar-refractivity contribution < 1.29 is 18.3 Å². The van der Waals surface area contributed by atoms with E-state index < -0.39 is 5.91 Å². The van der Waals surface area contributed by atoms with Gasteiger partial charge in [-0.3, -0.25) is 4.79 Å². The lowest BCUT2D eigenvalue weighted by molar-refractivity contribution is 0.0993. The van der Waals surface area contributed by atoms with Crippen molar-refractivity contribution in [2.24, 2.45) is 11.3 Å². The fraction of sp³-hybridized carbons (Fsp3) is 0.360. The van der Waals surface area contributed by atoms with E-state index in [4.69, 9.17) is 9.15 Å². The lowest BCUT2D eigenvalue weighted by Crippen LogP contribution is -2.26. The molecule has 1 unspecified atom stereocenters. The topological polar surface area (TPSA) is 75.3 Å². The highest BCUT2D eigenvalue weighted by Crippen LogP contribution is 2.44. The number of rotatable bonds is 5. The van der Waals surface area contributed by atoms with Gasteiger partial charge in [-0.2, -0.15) is 5.26 Å². The summed E-state index contributed by atoms with van der Waals surface area (Å²) in [5, 5.41) is 13.2. The van der Waals surface area contributed by atoms with E-state index in [-0.39, 0.29) is 23.6 Å². The van der Waals surface area contributed by atoms with Crippen LogP contribution in [-0.4, -0.2) is 5.91 Å². The summed E-state index contributed by atoms with van der Waals surface area (Å²) in [5.74, 6) is 0.933. The largest absolute Gasteiger partial charge is 0.486 e. The summed E-state index contributed by atoms with van der Waals surface area (Å²) in [7, 11) is 0. The van der Waals surface area contributed by atoms with Gasteiger partial charge < -0.3 is 14.5 Å². The molecule has 0 spiro atoms. The molecule has 2 aromatic heterocycles. The Bertz CT molecular complexity index is 1170. The second-order valence-electron chi connectivity index (χ2n) is 9.09. The maximum atomic E-state index is 13.0. The number of amides is 1. The summed E-state index contributed by atoms with van der Waals surface area (Å²) in [6.45, 7) is 6.86. The molecule has 1 amide bonds. The Morgan fingerprint density at radius 3 is 2.72 bits per heavy atom. The van der Waals surface area contributed by atoms with E-state index >= 15 is 0 Å². The number of anilines is 1. The Morgan fingerprint density at radius 2 is 2.03 bits per heavy atom. The van der Waals surface area contributed by atoms with Gasteiger partial charge in [0.25, 0.3) is 5.91 Å². The second kappa shape index (κ2) is 8.79. The van der Waals surface area contributed by atoms with Crippen LogP contribution in [0.5, 0.6) is 5.75 Å². The van der Waals surface area contributed by atoms with Gasteiger partial charge in [-0.1, -0.05) is 20.8 Å². The number of nitrogens with one attached hydrogen (secondary N) is 1. The van der Waals surface area contributed by atoms with Crippen LogP contribution in [0.3, 0.4) is 0 Å². The lowest BCUT2D eigenvalue weighted by Gasteiger charge is -2.33. The highest BCUT2D eigenvalue weighted by Gasteiger charge is 2.32. The number of hydrogen-bond donors (Lipinski definition) is 1. The molecule has 0 saturated heterocycles. The number of hydrogen-bond acceptors (Lipinski definition) is 5. The molecule has 1 atom stereocenters. The zero-order chi connectivity index (χ0) is 22.9. The monoisotopic (exact) mass is 452 g/mol. The fourth-order valence-corrected chi connectivity index (χ4v) is 5.23. The zero-order valence-corrected chi connectivity index (χ0v) is 19.1. The fourth-order valence-electron chi connectivity index (χ4n) is 3.96. The Hall–Kier alpha value is -3.11. The van der Waals surface area contributed by atoms with E-state index in [0.29, 0.717) is 28.0 Å². The molecule has 3 aromatic rings. The summed E-state index contributed by atoms with van der Waals surface area (Å²) in [4.78, 5) is 13.9. The summed E-state index contributed by atoms with van der Waals surface area (Å²) >= 11 is 1.49.